The van der Waals surface area contributed by atoms with E-state index >= 15 is 0 Å². The van der Waals surface area contributed by atoms with E-state index in [9.17, 15) is 9.90 Å². The Morgan fingerprint density at radius 2 is 1.88 bits per heavy atom. The molecule has 1 aliphatic heterocycles. The lowest BCUT2D eigenvalue weighted by atomic mass is 9.84. The van der Waals surface area contributed by atoms with Crippen LogP contribution < -0.4 is 4.74 Å². The van der Waals surface area contributed by atoms with Gasteiger partial charge in [-0.15, -0.1) is 0 Å². The van der Waals surface area contributed by atoms with E-state index in [0.717, 1.165) is 37.0 Å². The highest BCUT2D eigenvalue weighted by Gasteiger charge is 2.24. The Balaban J connectivity index is 1.75. The summed E-state index contributed by atoms with van der Waals surface area (Å²) in [5.74, 6) is -0.0706. The van der Waals surface area contributed by atoms with E-state index in [2.05, 4.69) is 38.1 Å². The first-order valence-electron chi connectivity index (χ1n) is 11.7. The van der Waals surface area contributed by atoms with Crippen LogP contribution in [0.1, 0.15) is 62.4 Å². The molecule has 0 amide bonds. The van der Waals surface area contributed by atoms with Gasteiger partial charge < -0.3 is 24.1 Å². The summed E-state index contributed by atoms with van der Waals surface area (Å²) in [6, 6.07) is 13.7. The number of esters is 1. The Morgan fingerprint density at radius 3 is 2.52 bits per heavy atom. The van der Waals surface area contributed by atoms with Gasteiger partial charge in [-0.25, -0.2) is 4.79 Å². The highest BCUT2D eigenvalue weighted by Crippen LogP contribution is 2.31. The zero-order chi connectivity index (χ0) is 23.8. The molecule has 180 valence electrons. The summed E-state index contributed by atoms with van der Waals surface area (Å²) in [5, 5.41) is 9.87. The number of hydrogen-bond donors (Lipinski definition) is 1. The number of carbonyl (C=O) groups is 1. The largest absolute Gasteiger partial charge is 0.490 e. The Hall–Kier alpha value is -2.41. The number of benzene rings is 2. The monoisotopic (exact) mass is 456 g/mol. The first-order chi connectivity index (χ1) is 15.8. The Labute approximate surface area is 196 Å². The van der Waals surface area contributed by atoms with Crippen molar-refractivity contribution in [1.29, 1.82) is 0 Å². The molecule has 1 aliphatic rings. The van der Waals surface area contributed by atoms with Gasteiger partial charge in [-0.3, -0.25) is 0 Å². The number of aliphatic hydroxyl groups excluding tert-OH is 1. The second-order valence-electron chi connectivity index (χ2n) is 9.14. The van der Waals surface area contributed by atoms with Gasteiger partial charge in [-0.1, -0.05) is 51.1 Å². The summed E-state index contributed by atoms with van der Waals surface area (Å²) in [5.41, 5.74) is 3.28. The molecule has 2 aromatic rings. The fourth-order valence-corrected chi connectivity index (χ4v) is 3.74. The third-order valence-electron chi connectivity index (χ3n) is 6.06. The molecule has 6 heteroatoms. The molecule has 2 unspecified atom stereocenters. The first-order valence-corrected chi connectivity index (χ1v) is 11.7. The minimum Gasteiger partial charge on any atom is -0.490 e. The van der Waals surface area contributed by atoms with Gasteiger partial charge in [-0.2, -0.15) is 0 Å². The third-order valence-corrected chi connectivity index (χ3v) is 6.06. The van der Waals surface area contributed by atoms with E-state index in [4.69, 9.17) is 18.9 Å². The van der Waals surface area contributed by atoms with Crippen molar-refractivity contribution in [3.8, 4) is 16.9 Å². The van der Waals surface area contributed by atoms with Crippen molar-refractivity contribution in [1.82, 2.24) is 0 Å². The third kappa shape index (κ3) is 6.79. The SMILES string of the molecule is CCC(O)COc1cc(-c2ccc(C(C)(C)COC3CCCCO3)cc2)ccc1C(=O)OC. The van der Waals surface area contributed by atoms with Crippen molar-refractivity contribution >= 4 is 5.97 Å². The number of ether oxygens (including phenoxy) is 4. The van der Waals surface area contributed by atoms with Crippen LogP contribution in [0.25, 0.3) is 11.1 Å². The number of carbonyl (C=O) groups excluding carboxylic acids is 1. The summed E-state index contributed by atoms with van der Waals surface area (Å²) in [6.45, 7) is 7.69. The Bertz CT molecular complexity index is 899. The van der Waals surface area contributed by atoms with Crippen molar-refractivity contribution in [3.05, 3.63) is 53.6 Å². The number of aliphatic hydroxyl groups is 1. The predicted octanol–water partition coefficient (Wildman–Crippen LogP) is 5.11. The molecule has 0 spiro atoms. The maximum Gasteiger partial charge on any atom is 0.341 e. The van der Waals surface area contributed by atoms with E-state index < -0.39 is 12.1 Å². The molecule has 3 rings (SSSR count). The summed E-state index contributed by atoms with van der Waals surface area (Å²) in [7, 11) is 1.34. The molecule has 0 radical (unpaired) electrons. The maximum atomic E-state index is 12.1. The highest BCUT2D eigenvalue weighted by molar-refractivity contribution is 5.93. The zero-order valence-electron chi connectivity index (χ0n) is 20.1. The molecular weight excluding hydrogens is 420 g/mol. The van der Waals surface area contributed by atoms with Crippen molar-refractivity contribution in [2.75, 3.05) is 26.9 Å². The second kappa shape index (κ2) is 11.6. The van der Waals surface area contributed by atoms with Crippen molar-refractivity contribution in [2.24, 2.45) is 0 Å². The van der Waals surface area contributed by atoms with E-state index in [0.29, 0.717) is 24.3 Å². The van der Waals surface area contributed by atoms with Crippen LogP contribution in [0.5, 0.6) is 5.75 Å². The van der Waals surface area contributed by atoms with Gasteiger partial charge >= 0.3 is 5.97 Å². The summed E-state index contributed by atoms with van der Waals surface area (Å²) >= 11 is 0. The Kier molecular flexibility index (Phi) is 8.89. The van der Waals surface area contributed by atoms with Gasteiger partial charge in [-0.05, 0) is 54.5 Å². The van der Waals surface area contributed by atoms with E-state index in [1.54, 1.807) is 6.07 Å². The molecular formula is C27H36O6. The molecule has 1 N–H and O–H groups in total. The quantitative estimate of drug-likeness (QED) is 0.501. The lowest BCUT2D eigenvalue weighted by molar-refractivity contribution is -0.170. The van der Waals surface area contributed by atoms with Crippen LogP contribution >= 0.6 is 0 Å². The van der Waals surface area contributed by atoms with Crippen LogP contribution in [-0.4, -0.2) is 50.4 Å². The van der Waals surface area contributed by atoms with Crippen LogP contribution in [0.2, 0.25) is 0 Å². The van der Waals surface area contributed by atoms with Crippen LogP contribution in [0.3, 0.4) is 0 Å². The topological polar surface area (TPSA) is 74.2 Å². The Morgan fingerprint density at radius 1 is 1.15 bits per heavy atom. The first kappa shape index (κ1) is 25.2. The van der Waals surface area contributed by atoms with Crippen molar-refractivity contribution in [3.63, 3.8) is 0 Å². The van der Waals surface area contributed by atoms with Gasteiger partial charge in [0.15, 0.2) is 6.29 Å². The standard InChI is InChI=1S/C27H36O6/c1-5-22(28)17-32-24-16-20(11-14-23(24)26(29)30-4)19-9-12-21(13-10-19)27(2,3)18-33-25-8-6-7-15-31-25/h9-14,16,22,25,28H,5-8,15,17-18H2,1-4H3. The lowest BCUT2D eigenvalue weighted by Crippen LogP contribution is -2.30. The number of methoxy groups -OCH3 is 1. The van der Waals surface area contributed by atoms with Gasteiger partial charge in [0.1, 0.15) is 17.9 Å². The van der Waals surface area contributed by atoms with E-state index in [-0.39, 0.29) is 18.3 Å². The molecule has 2 atom stereocenters. The van der Waals surface area contributed by atoms with Crippen LogP contribution in [0, 0.1) is 0 Å². The van der Waals surface area contributed by atoms with E-state index in [1.807, 2.05) is 19.1 Å². The smallest absolute Gasteiger partial charge is 0.341 e. The molecule has 2 aromatic carbocycles. The van der Waals surface area contributed by atoms with Gasteiger partial charge in [0.2, 0.25) is 0 Å². The van der Waals surface area contributed by atoms with Crippen LogP contribution in [0.4, 0.5) is 0 Å². The molecule has 0 bridgehead atoms. The fourth-order valence-electron chi connectivity index (χ4n) is 3.74. The highest BCUT2D eigenvalue weighted by atomic mass is 16.7. The normalized spacial score (nSPS) is 17.4. The van der Waals surface area contributed by atoms with Crippen LogP contribution in [0.15, 0.2) is 42.5 Å². The fraction of sp³-hybridized carbons (Fsp3) is 0.519. The van der Waals surface area contributed by atoms with E-state index in [1.165, 1.54) is 12.7 Å². The molecule has 1 heterocycles. The molecule has 0 aliphatic carbocycles. The maximum absolute atomic E-state index is 12.1. The molecule has 1 saturated heterocycles. The summed E-state index contributed by atoms with van der Waals surface area (Å²) in [4.78, 5) is 12.1. The predicted molar refractivity (Wildman–Crippen MR) is 128 cm³/mol. The minimum absolute atomic E-state index is 0.102. The number of rotatable bonds is 10. The number of hydrogen-bond acceptors (Lipinski definition) is 6. The minimum atomic E-state index is -0.595. The van der Waals surface area contributed by atoms with Gasteiger partial charge in [0.05, 0.1) is 19.8 Å². The molecule has 0 saturated carbocycles. The van der Waals surface area contributed by atoms with Gasteiger partial charge in [0.25, 0.3) is 0 Å². The van der Waals surface area contributed by atoms with Crippen molar-refractivity contribution < 1.29 is 28.8 Å². The molecule has 33 heavy (non-hydrogen) atoms. The van der Waals surface area contributed by atoms with Crippen LogP contribution in [-0.2, 0) is 19.6 Å². The average molecular weight is 457 g/mol. The second-order valence-corrected chi connectivity index (χ2v) is 9.14. The molecule has 1 fully saturated rings. The summed E-state index contributed by atoms with van der Waals surface area (Å²) < 4.78 is 22.4. The molecule has 6 nitrogen and oxygen atoms in total. The van der Waals surface area contributed by atoms with Crippen molar-refractivity contribution in [2.45, 2.75) is 64.3 Å². The average Bonchev–Trinajstić information content (AvgIpc) is 2.86. The zero-order valence-corrected chi connectivity index (χ0v) is 20.1. The molecule has 0 aromatic heterocycles. The lowest BCUT2D eigenvalue weighted by Gasteiger charge is -2.30. The summed E-state index contributed by atoms with van der Waals surface area (Å²) in [6.07, 6.45) is 3.09. The van der Waals surface area contributed by atoms with Gasteiger partial charge in [0, 0.05) is 12.0 Å².